The van der Waals surface area contributed by atoms with Gasteiger partial charge in [0.25, 0.3) is 11.8 Å². The van der Waals surface area contributed by atoms with Crippen LogP contribution in [0.1, 0.15) is 40.9 Å². The first-order chi connectivity index (χ1) is 14.5. The van der Waals surface area contributed by atoms with E-state index in [2.05, 4.69) is 29.4 Å². The van der Waals surface area contributed by atoms with Crippen LogP contribution in [-0.2, 0) is 16.1 Å². The van der Waals surface area contributed by atoms with Gasteiger partial charge in [-0.15, -0.1) is 0 Å². The summed E-state index contributed by atoms with van der Waals surface area (Å²) in [5.41, 5.74) is 3.61. The minimum absolute atomic E-state index is 0.134. The lowest BCUT2D eigenvalue weighted by atomic mass is 9.99. The van der Waals surface area contributed by atoms with Crippen molar-refractivity contribution in [2.45, 2.75) is 20.5 Å². The summed E-state index contributed by atoms with van der Waals surface area (Å²) in [6.07, 6.45) is 0. The zero-order chi connectivity index (χ0) is 21.3. The Bertz CT molecular complexity index is 1040. The Hall–Kier alpha value is -3.19. The lowest BCUT2D eigenvalue weighted by molar-refractivity contribution is -0.110. The smallest absolute Gasteiger partial charge is 0.260 e. The molecule has 2 aromatic carbocycles. The van der Waals surface area contributed by atoms with E-state index in [4.69, 9.17) is 4.74 Å². The minimum atomic E-state index is -0.412. The number of rotatable bonds is 6. The second-order valence-electron chi connectivity index (χ2n) is 7.29. The van der Waals surface area contributed by atoms with Gasteiger partial charge >= 0.3 is 0 Å². The summed E-state index contributed by atoms with van der Waals surface area (Å²) < 4.78 is 19.3. The molecule has 6 nitrogen and oxygen atoms in total. The summed E-state index contributed by atoms with van der Waals surface area (Å²) in [4.78, 5) is 27.2. The van der Waals surface area contributed by atoms with Gasteiger partial charge in [0.2, 0.25) is 0 Å². The van der Waals surface area contributed by atoms with Crippen LogP contribution in [0.15, 0.2) is 36.4 Å². The highest BCUT2D eigenvalue weighted by molar-refractivity contribution is 6.36. The van der Waals surface area contributed by atoms with Crippen molar-refractivity contribution in [3.05, 3.63) is 64.5 Å². The number of ether oxygens (including phenoxy) is 1. The van der Waals surface area contributed by atoms with Crippen LogP contribution in [0, 0.1) is 5.82 Å². The van der Waals surface area contributed by atoms with Gasteiger partial charge in [-0.05, 0) is 43.4 Å². The van der Waals surface area contributed by atoms with Crippen LogP contribution in [0.4, 0.5) is 10.1 Å². The molecule has 4 rings (SSSR count). The van der Waals surface area contributed by atoms with Crippen LogP contribution in [-0.4, -0.2) is 42.9 Å². The van der Waals surface area contributed by atoms with Crippen molar-refractivity contribution in [2.24, 2.45) is 0 Å². The van der Waals surface area contributed by atoms with Crippen molar-refractivity contribution in [1.29, 1.82) is 0 Å². The molecular weight excluding hydrogens is 385 g/mol. The normalized spacial score (nSPS) is 16.9. The summed E-state index contributed by atoms with van der Waals surface area (Å²) >= 11 is 0. The van der Waals surface area contributed by atoms with E-state index >= 15 is 0 Å². The summed E-state index contributed by atoms with van der Waals surface area (Å²) in [6.45, 7) is 7.75. The molecule has 2 aliphatic heterocycles. The van der Waals surface area contributed by atoms with Crippen LogP contribution < -0.4 is 10.6 Å². The van der Waals surface area contributed by atoms with Gasteiger partial charge in [0, 0.05) is 35.3 Å². The fourth-order valence-electron chi connectivity index (χ4n) is 3.85. The molecule has 0 atom stereocenters. The Morgan fingerprint density at radius 3 is 2.70 bits per heavy atom. The SMILES string of the molecule is CCN(CC)CCNC(=O)c1ccc2c(c1)CO/C2=C1/C(=O)Nc2cc(F)ccc21. The molecule has 0 aromatic heterocycles. The van der Waals surface area contributed by atoms with Gasteiger partial charge in [-0.2, -0.15) is 0 Å². The third-order valence-corrected chi connectivity index (χ3v) is 5.55. The van der Waals surface area contributed by atoms with E-state index in [9.17, 15) is 14.0 Å². The number of nitrogens with zero attached hydrogens (tertiary/aromatic N) is 1. The first-order valence-corrected chi connectivity index (χ1v) is 10.1. The van der Waals surface area contributed by atoms with Gasteiger partial charge in [0.05, 0.1) is 11.3 Å². The summed E-state index contributed by atoms with van der Waals surface area (Å²) in [6, 6.07) is 9.53. The van der Waals surface area contributed by atoms with Crippen molar-refractivity contribution in [2.75, 3.05) is 31.5 Å². The molecule has 2 aliphatic rings. The van der Waals surface area contributed by atoms with Gasteiger partial charge in [0.15, 0.2) is 0 Å². The van der Waals surface area contributed by atoms with Crippen LogP contribution >= 0.6 is 0 Å². The van der Waals surface area contributed by atoms with Gasteiger partial charge in [-0.3, -0.25) is 9.59 Å². The zero-order valence-corrected chi connectivity index (χ0v) is 17.0. The van der Waals surface area contributed by atoms with Crippen molar-refractivity contribution in [1.82, 2.24) is 10.2 Å². The fourth-order valence-corrected chi connectivity index (χ4v) is 3.85. The van der Waals surface area contributed by atoms with E-state index in [0.717, 1.165) is 30.8 Å². The van der Waals surface area contributed by atoms with Gasteiger partial charge < -0.3 is 20.3 Å². The van der Waals surface area contributed by atoms with Crippen molar-refractivity contribution in [3.63, 3.8) is 0 Å². The number of carbonyl (C=O) groups excluding carboxylic acids is 2. The van der Waals surface area contributed by atoms with Crippen molar-refractivity contribution in [3.8, 4) is 0 Å². The molecule has 2 N–H and O–H groups in total. The highest BCUT2D eigenvalue weighted by atomic mass is 19.1. The molecule has 0 unspecified atom stereocenters. The Kier molecular flexibility index (Phi) is 5.55. The summed E-state index contributed by atoms with van der Waals surface area (Å²) in [7, 11) is 0. The second kappa shape index (κ2) is 8.28. The number of benzene rings is 2. The Labute approximate surface area is 174 Å². The van der Waals surface area contributed by atoms with Crippen molar-refractivity contribution >= 4 is 28.8 Å². The molecule has 2 heterocycles. The predicted molar refractivity (Wildman–Crippen MR) is 113 cm³/mol. The summed E-state index contributed by atoms with van der Waals surface area (Å²) in [5, 5.41) is 5.63. The maximum absolute atomic E-state index is 13.5. The van der Waals surface area contributed by atoms with Gasteiger partial charge in [0.1, 0.15) is 18.2 Å². The molecule has 0 fully saturated rings. The number of anilines is 1. The average Bonchev–Trinajstić information content (AvgIpc) is 3.29. The highest BCUT2D eigenvalue weighted by Gasteiger charge is 2.32. The first kappa shape index (κ1) is 20.1. The first-order valence-electron chi connectivity index (χ1n) is 10.1. The molecule has 0 radical (unpaired) electrons. The highest BCUT2D eigenvalue weighted by Crippen LogP contribution is 2.41. The van der Waals surface area contributed by atoms with E-state index < -0.39 is 5.82 Å². The quantitative estimate of drug-likeness (QED) is 0.719. The predicted octanol–water partition coefficient (Wildman–Crippen LogP) is 3.25. The molecule has 156 valence electrons. The molecule has 0 spiro atoms. The third-order valence-electron chi connectivity index (χ3n) is 5.55. The van der Waals surface area contributed by atoms with Crippen LogP contribution in [0.2, 0.25) is 0 Å². The van der Waals surface area contributed by atoms with E-state index in [1.807, 2.05) is 0 Å². The summed E-state index contributed by atoms with van der Waals surface area (Å²) in [5.74, 6) is -0.409. The minimum Gasteiger partial charge on any atom is -0.487 e. The molecule has 0 bridgehead atoms. The molecule has 0 saturated carbocycles. The van der Waals surface area contributed by atoms with Crippen LogP contribution in [0.3, 0.4) is 0 Å². The average molecular weight is 409 g/mol. The maximum Gasteiger partial charge on any atom is 0.260 e. The number of likely N-dealkylation sites (N-methyl/N-ethyl adjacent to an activating group) is 1. The van der Waals surface area contributed by atoms with E-state index in [1.54, 1.807) is 24.3 Å². The topological polar surface area (TPSA) is 70.7 Å². The number of fused-ring (bicyclic) bond motifs is 2. The van der Waals surface area contributed by atoms with E-state index in [0.29, 0.717) is 34.7 Å². The largest absolute Gasteiger partial charge is 0.487 e. The number of hydrogen-bond donors (Lipinski definition) is 2. The number of carbonyl (C=O) groups is 2. The molecule has 0 aliphatic carbocycles. The lowest BCUT2D eigenvalue weighted by Crippen LogP contribution is -2.34. The molecular formula is C23H24FN3O3. The second-order valence-corrected chi connectivity index (χ2v) is 7.29. The number of amides is 2. The third kappa shape index (κ3) is 3.68. The van der Waals surface area contributed by atoms with Gasteiger partial charge in [-0.1, -0.05) is 19.9 Å². The van der Waals surface area contributed by atoms with Crippen LogP contribution in [0.25, 0.3) is 11.3 Å². The standard InChI is InChI=1S/C23H24FN3O3/c1-3-27(4-2)10-9-25-22(28)14-5-7-17-15(11-14)13-30-21(17)20-18-8-6-16(24)12-19(18)26-23(20)29/h5-8,11-12H,3-4,9-10,13H2,1-2H3,(H,25,28)(H,26,29)/b21-20+. The maximum atomic E-state index is 13.5. The molecule has 0 saturated heterocycles. The fraction of sp³-hybridized carbons (Fsp3) is 0.304. The molecule has 7 heteroatoms. The zero-order valence-electron chi connectivity index (χ0n) is 17.0. The van der Waals surface area contributed by atoms with Crippen molar-refractivity contribution < 1.29 is 18.7 Å². The Morgan fingerprint density at radius 2 is 1.93 bits per heavy atom. The molecule has 2 amide bonds. The Morgan fingerprint density at radius 1 is 1.17 bits per heavy atom. The number of nitrogens with one attached hydrogen (secondary N) is 2. The monoisotopic (exact) mass is 409 g/mol. The number of hydrogen-bond acceptors (Lipinski definition) is 4. The van der Waals surface area contributed by atoms with E-state index in [1.165, 1.54) is 12.1 Å². The Balaban J connectivity index is 1.56. The van der Waals surface area contributed by atoms with E-state index in [-0.39, 0.29) is 18.4 Å². The number of halogens is 1. The molecule has 30 heavy (non-hydrogen) atoms. The van der Waals surface area contributed by atoms with Gasteiger partial charge in [-0.25, -0.2) is 4.39 Å². The lowest BCUT2D eigenvalue weighted by Gasteiger charge is -2.18. The van der Waals surface area contributed by atoms with Crippen LogP contribution in [0.5, 0.6) is 0 Å². The molecule has 2 aromatic rings.